The number of unbranched alkanes of at least 4 members (excludes halogenated alkanes) is 2. The highest BCUT2D eigenvalue weighted by Crippen LogP contribution is 2.50. The standard InChI is InChI=1S/C26H33NO2/c1-5-6-7-9-19-15-23(28)25(22-14-18(4)11-12-21(22)17(2)3)26(29)24(19)20-10-8-13-27-16-20/h8,10,13-16,21-22,28-29H,2,5-7,9,11-12H2,1,3-4H3. The van der Waals surface area contributed by atoms with E-state index in [9.17, 15) is 10.2 Å². The van der Waals surface area contributed by atoms with Gasteiger partial charge in [-0.05, 0) is 63.1 Å². The molecule has 0 aliphatic heterocycles. The van der Waals surface area contributed by atoms with E-state index in [4.69, 9.17) is 0 Å². The number of benzene rings is 1. The highest BCUT2D eigenvalue weighted by Gasteiger charge is 2.32. The maximum Gasteiger partial charge on any atom is 0.131 e. The highest BCUT2D eigenvalue weighted by molar-refractivity contribution is 5.77. The van der Waals surface area contributed by atoms with Crippen molar-refractivity contribution < 1.29 is 10.2 Å². The quantitative estimate of drug-likeness (QED) is 0.398. The molecule has 29 heavy (non-hydrogen) atoms. The molecule has 1 heterocycles. The summed E-state index contributed by atoms with van der Waals surface area (Å²) < 4.78 is 0. The Morgan fingerprint density at radius 1 is 1.28 bits per heavy atom. The van der Waals surface area contributed by atoms with Crippen LogP contribution in [-0.2, 0) is 6.42 Å². The van der Waals surface area contributed by atoms with E-state index in [-0.39, 0.29) is 23.3 Å². The smallest absolute Gasteiger partial charge is 0.131 e. The fourth-order valence-electron chi connectivity index (χ4n) is 4.55. The molecule has 3 rings (SSSR count). The van der Waals surface area contributed by atoms with Crippen molar-refractivity contribution in [3.05, 3.63) is 65.5 Å². The molecule has 2 N–H and O–H groups in total. The van der Waals surface area contributed by atoms with Crippen LogP contribution in [0.25, 0.3) is 11.1 Å². The van der Waals surface area contributed by atoms with Gasteiger partial charge < -0.3 is 10.2 Å². The van der Waals surface area contributed by atoms with Crippen LogP contribution >= 0.6 is 0 Å². The minimum Gasteiger partial charge on any atom is -0.507 e. The van der Waals surface area contributed by atoms with Crippen LogP contribution < -0.4 is 0 Å². The van der Waals surface area contributed by atoms with Gasteiger partial charge in [0.15, 0.2) is 0 Å². The number of aromatic hydroxyl groups is 2. The molecule has 0 saturated carbocycles. The lowest BCUT2D eigenvalue weighted by Gasteiger charge is -2.32. The summed E-state index contributed by atoms with van der Waals surface area (Å²) in [7, 11) is 0. The zero-order chi connectivity index (χ0) is 21.0. The first-order valence-electron chi connectivity index (χ1n) is 10.7. The van der Waals surface area contributed by atoms with E-state index in [0.29, 0.717) is 5.56 Å². The average molecular weight is 392 g/mol. The lowest BCUT2D eigenvalue weighted by Crippen LogP contribution is -2.17. The van der Waals surface area contributed by atoms with Gasteiger partial charge in [-0.2, -0.15) is 0 Å². The molecule has 0 bridgehead atoms. The summed E-state index contributed by atoms with van der Waals surface area (Å²) in [5.41, 5.74) is 5.68. The molecule has 1 aromatic heterocycles. The van der Waals surface area contributed by atoms with Crippen molar-refractivity contribution in [2.24, 2.45) is 5.92 Å². The molecular formula is C26H33NO2. The number of hydrogen-bond donors (Lipinski definition) is 2. The zero-order valence-corrected chi connectivity index (χ0v) is 17.9. The van der Waals surface area contributed by atoms with Gasteiger partial charge in [0, 0.05) is 35.0 Å². The summed E-state index contributed by atoms with van der Waals surface area (Å²) in [4.78, 5) is 4.26. The average Bonchev–Trinajstić information content (AvgIpc) is 2.68. The molecule has 2 atom stereocenters. The van der Waals surface area contributed by atoms with Crippen LogP contribution in [0.3, 0.4) is 0 Å². The number of phenols is 2. The molecule has 0 spiro atoms. The SMILES string of the molecule is C=C(C)C1CCC(C)=CC1c1c(O)cc(CCCCC)c(-c2cccnc2)c1O. The molecular weight excluding hydrogens is 358 g/mol. The second-order valence-corrected chi connectivity index (χ2v) is 8.42. The lowest BCUT2D eigenvalue weighted by molar-refractivity contribution is 0.407. The third-order valence-corrected chi connectivity index (χ3v) is 6.11. The maximum absolute atomic E-state index is 11.5. The maximum atomic E-state index is 11.5. The Kier molecular flexibility index (Phi) is 6.79. The third-order valence-electron chi connectivity index (χ3n) is 6.11. The van der Waals surface area contributed by atoms with Crippen molar-refractivity contribution in [3.63, 3.8) is 0 Å². The topological polar surface area (TPSA) is 53.4 Å². The Labute approximate surface area is 174 Å². The van der Waals surface area contributed by atoms with Crippen molar-refractivity contribution >= 4 is 0 Å². The van der Waals surface area contributed by atoms with E-state index in [2.05, 4.69) is 31.5 Å². The van der Waals surface area contributed by atoms with Gasteiger partial charge in [-0.3, -0.25) is 4.98 Å². The first-order chi connectivity index (χ1) is 13.9. The number of pyridine rings is 1. The van der Waals surface area contributed by atoms with Crippen LogP contribution in [0.15, 0.2) is 54.4 Å². The normalized spacial score (nSPS) is 19.1. The zero-order valence-electron chi connectivity index (χ0n) is 17.9. The summed E-state index contributed by atoms with van der Waals surface area (Å²) in [5, 5.41) is 22.5. The van der Waals surface area contributed by atoms with Gasteiger partial charge in [0.2, 0.25) is 0 Å². The molecule has 154 valence electrons. The van der Waals surface area contributed by atoms with Gasteiger partial charge >= 0.3 is 0 Å². The van der Waals surface area contributed by atoms with E-state index in [1.807, 2.05) is 25.1 Å². The summed E-state index contributed by atoms with van der Waals surface area (Å²) in [6.07, 6.45) is 11.8. The molecule has 2 aromatic rings. The molecule has 0 amide bonds. The van der Waals surface area contributed by atoms with Gasteiger partial charge in [0.25, 0.3) is 0 Å². The summed E-state index contributed by atoms with van der Waals surface area (Å²) in [6.45, 7) is 10.5. The second kappa shape index (κ2) is 9.30. The monoisotopic (exact) mass is 391 g/mol. The van der Waals surface area contributed by atoms with E-state index >= 15 is 0 Å². The molecule has 0 saturated heterocycles. The summed E-state index contributed by atoms with van der Waals surface area (Å²) >= 11 is 0. The number of phenolic OH excluding ortho intramolecular Hbond substituents is 2. The highest BCUT2D eigenvalue weighted by atomic mass is 16.3. The Balaban J connectivity index is 2.18. The second-order valence-electron chi connectivity index (χ2n) is 8.42. The van der Waals surface area contributed by atoms with E-state index in [1.165, 1.54) is 5.57 Å². The number of aromatic nitrogens is 1. The first-order valence-corrected chi connectivity index (χ1v) is 10.7. The minimum atomic E-state index is -0.0682. The Morgan fingerprint density at radius 3 is 2.72 bits per heavy atom. The number of nitrogens with zero attached hydrogens (tertiary/aromatic N) is 1. The molecule has 0 radical (unpaired) electrons. The minimum absolute atomic E-state index is 0.0682. The van der Waals surface area contributed by atoms with E-state index in [1.54, 1.807) is 12.4 Å². The Bertz CT molecular complexity index is 899. The summed E-state index contributed by atoms with van der Waals surface area (Å²) in [6, 6.07) is 5.73. The van der Waals surface area contributed by atoms with Crippen molar-refractivity contribution in [1.29, 1.82) is 0 Å². The fourth-order valence-corrected chi connectivity index (χ4v) is 4.55. The first kappa shape index (κ1) is 21.2. The van der Waals surface area contributed by atoms with Gasteiger partial charge in [-0.1, -0.05) is 49.6 Å². The predicted octanol–water partition coefficient (Wildman–Crippen LogP) is 6.91. The van der Waals surface area contributed by atoms with Crippen LogP contribution in [0.2, 0.25) is 0 Å². The van der Waals surface area contributed by atoms with Gasteiger partial charge in [0.05, 0.1) is 0 Å². The van der Waals surface area contributed by atoms with Crippen LogP contribution in [0.4, 0.5) is 0 Å². The van der Waals surface area contributed by atoms with Crippen LogP contribution in [0.1, 0.15) is 69.9 Å². The van der Waals surface area contributed by atoms with Crippen LogP contribution in [-0.4, -0.2) is 15.2 Å². The molecule has 3 nitrogen and oxygen atoms in total. The number of hydrogen-bond acceptors (Lipinski definition) is 3. The van der Waals surface area contributed by atoms with Crippen molar-refractivity contribution in [3.8, 4) is 22.6 Å². The molecule has 0 fully saturated rings. The van der Waals surface area contributed by atoms with Gasteiger partial charge in [0.1, 0.15) is 11.5 Å². The van der Waals surface area contributed by atoms with Crippen molar-refractivity contribution in [2.45, 2.75) is 65.2 Å². The molecule has 1 aliphatic carbocycles. The molecule has 2 unspecified atom stereocenters. The molecule has 3 heteroatoms. The van der Waals surface area contributed by atoms with E-state index < -0.39 is 0 Å². The lowest BCUT2D eigenvalue weighted by atomic mass is 9.73. The predicted molar refractivity (Wildman–Crippen MR) is 120 cm³/mol. The number of aryl methyl sites for hydroxylation is 1. The Hall–Kier alpha value is -2.55. The van der Waals surface area contributed by atoms with Gasteiger partial charge in [-0.25, -0.2) is 0 Å². The fraction of sp³-hybridized carbons (Fsp3) is 0.423. The Morgan fingerprint density at radius 2 is 2.07 bits per heavy atom. The third kappa shape index (κ3) is 4.55. The van der Waals surface area contributed by atoms with Crippen molar-refractivity contribution in [2.75, 3.05) is 0 Å². The van der Waals surface area contributed by atoms with Crippen LogP contribution in [0, 0.1) is 5.92 Å². The molecule has 1 aromatic carbocycles. The number of rotatable bonds is 7. The van der Waals surface area contributed by atoms with E-state index in [0.717, 1.165) is 60.8 Å². The number of allylic oxidation sites excluding steroid dienone is 3. The summed E-state index contributed by atoms with van der Waals surface area (Å²) in [5.74, 6) is 0.514. The molecule has 1 aliphatic rings. The van der Waals surface area contributed by atoms with Crippen molar-refractivity contribution in [1.82, 2.24) is 4.98 Å². The largest absolute Gasteiger partial charge is 0.507 e. The van der Waals surface area contributed by atoms with Crippen LogP contribution in [0.5, 0.6) is 11.5 Å². The van der Waals surface area contributed by atoms with Gasteiger partial charge in [-0.15, -0.1) is 0 Å².